The lowest BCUT2D eigenvalue weighted by Gasteiger charge is -2.26. The van der Waals surface area contributed by atoms with Crippen LogP contribution < -0.4 is 5.32 Å². The van der Waals surface area contributed by atoms with Crippen molar-refractivity contribution in [2.45, 2.75) is 69.2 Å². The van der Waals surface area contributed by atoms with Crippen LogP contribution in [0.15, 0.2) is 35.4 Å². The van der Waals surface area contributed by atoms with Gasteiger partial charge in [0, 0.05) is 24.7 Å². The number of nitrogens with one attached hydrogen (secondary N) is 1. The van der Waals surface area contributed by atoms with Crippen LogP contribution >= 0.6 is 0 Å². The van der Waals surface area contributed by atoms with E-state index in [9.17, 15) is 13.2 Å². The predicted octanol–water partition coefficient (Wildman–Crippen LogP) is 4.12. The van der Waals surface area contributed by atoms with Crippen molar-refractivity contribution >= 4 is 21.7 Å². The Bertz CT molecular complexity index is 1000. The van der Waals surface area contributed by atoms with Crippen molar-refractivity contribution in [2.75, 3.05) is 18.4 Å². The van der Waals surface area contributed by atoms with Crippen LogP contribution in [0.25, 0.3) is 0 Å². The van der Waals surface area contributed by atoms with Gasteiger partial charge in [0.05, 0.1) is 17.1 Å². The van der Waals surface area contributed by atoms with E-state index in [-0.39, 0.29) is 10.8 Å². The van der Waals surface area contributed by atoms with Crippen LogP contribution in [-0.2, 0) is 10.0 Å². The van der Waals surface area contributed by atoms with E-state index in [1.807, 2.05) is 11.6 Å². The summed E-state index contributed by atoms with van der Waals surface area (Å²) < 4.78 is 29.5. The first-order valence-electron chi connectivity index (χ1n) is 10.9. The summed E-state index contributed by atoms with van der Waals surface area (Å²) in [5.74, 6) is 0.358. The predicted molar refractivity (Wildman–Crippen MR) is 116 cm³/mol. The van der Waals surface area contributed by atoms with Crippen molar-refractivity contribution in [3.05, 3.63) is 41.6 Å². The van der Waals surface area contributed by atoms with E-state index in [0.717, 1.165) is 37.7 Å². The molecule has 0 radical (unpaired) electrons. The van der Waals surface area contributed by atoms with Gasteiger partial charge in [-0.1, -0.05) is 31.7 Å². The van der Waals surface area contributed by atoms with Gasteiger partial charge in [-0.3, -0.25) is 4.79 Å². The van der Waals surface area contributed by atoms with Crippen LogP contribution in [-0.4, -0.2) is 41.5 Å². The van der Waals surface area contributed by atoms with Crippen LogP contribution in [0.1, 0.15) is 73.3 Å². The Hall–Kier alpha value is -2.19. The van der Waals surface area contributed by atoms with E-state index in [4.69, 9.17) is 0 Å². The van der Waals surface area contributed by atoms with Crippen LogP contribution in [0.4, 0.5) is 5.82 Å². The number of anilines is 1. The van der Waals surface area contributed by atoms with Gasteiger partial charge in [-0.25, -0.2) is 13.1 Å². The van der Waals surface area contributed by atoms with E-state index in [1.165, 1.54) is 29.6 Å². The average molecular weight is 431 g/mol. The molecule has 1 saturated carbocycles. The fourth-order valence-electron chi connectivity index (χ4n) is 4.47. The molecule has 1 aromatic heterocycles. The molecule has 2 heterocycles. The van der Waals surface area contributed by atoms with E-state index >= 15 is 0 Å². The molecule has 162 valence electrons. The molecule has 1 N–H and O–H groups in total. The fourth-order valence-corrected chi connectivity index (χ4v) is 6.02. The van der Waals surface area contributed by atoms with Gasteiger partial charge >= 0.3 is 0 Å². The first-order chi connectivity index (χ1) is 14.5. The van der Waals surface area contributed by atoms with E-state index in [0.29, 0.717) is 30.5 Å². The second kappa shape index (κ2) is 8.89. The van der Waals surface area contributed by atoms with Crippen LogP contribution in [0, 0.1) is 6.92 Å². The summed E-state index contributed by atoms with van der Waals surface area (Å²) >= 11 is 0. The Labute approximate surface area is 178 Å². The smallest absolute Gasteiger partial charge is 0.257 e. The summed E-state index contributed by atoms with van der Waals surface area (Å²) in [5.41, 5.74) is 1.12. The molecule has 0 atom stereocenters. The molecule has 0 spiro atoms. The van der Waals surface area contributed by atoms with E-state index in [2.05, 4.69) is 10.4 Å². The minimum atomic E-state index is -3.59. The number of piperidine rings is 1. The van der Waals surface area contributed by atoms with Gasteiger partial charge in [-0.15, -0.1) is 0 Å². The molecule has 1 aliphatic carbocycles. The Morgan fingerprint density at radius 3 is 2.47 bits per heavy atom. The summed E-state index contributed by atoms with van der Waals surface area (Å²) in [4.78, 5) is 13.2. The van der Waals surface area contributed by atoms with Crippen molar-refractivity contribution in [2.24, 2.45) is 0 Å². The van der Waals surface area contributed by atoms with Crippen molar-refractivity contribution in [3.63, 3.8) is 0 Å². The summed E-state index contributed by atoms with van der Waals surface area (Å²) in [6, 6.07) is 6.93. The van der Waals surface area contributed by atoms with Crippen LogP contribution in [0.3, 0.4) is 0 Å². The van der Waals surface area contributed by atoms with Crippen molar-refractivity contribution in [1.82, 2.24) is 14.1 Å². The second-order valence-electron chi connectivity index (χ2n) is 8.35. The minimum absolute atomic E-state index is 0.181. The van der Waals surface area contributed by atoms with Gasteiger partial charge in [0.2, 0.25) is 10.0 Å². The molecule has 0 bridgehead atoms. The number of carbonyl (C=O) groups excluding carboxylic acids is 1. The number of amides is 1. The number of carbonyl (C=O) groups is 1. The zero-order valence-electron chi connectivity index (χ0n) is 17.5. The number of nitrogens with zero attached hydrogens (tertiary/aromatic N) is 3. The lowest BCUT2D eigenvalue weighted by atomic mass is 9.96. The zero-order chi connectivity index (χ0) is 21.1. The average Bonchev–Trinajstić information content (AvgIpc) is 3.23. The number of hydrogen-bond acceptors (Lipinski definition) is 4. The molecular weight excluding hydrogens is 400 g/mol. The summed E-state index contributed by atoms with van der Waals surface area (Å²) in [7, 11) is -3.59. The van der Waals surface area contributed by atoms with Crippen molar-refractivity contribution in [3.8, 4) is 0 Å². The molecule has 4 rings (SSSR count). The molecule has 1 amide bonds. The highest BCUT2D eigenvalue weighted by Crippen LogP contribution is 2.30. The number of benzene rings is 1. The number of rotatable bonds is 5. The maximum Gasteiger partial charge on any atom is 0.257 e. The van der Waals surface area contributed by atoms with Gasteiger partial charge in [-0.2, -0.15) is 9.40 Å². The SMILES string of the molecule is Cc1ccc(S(=O)(=O)N2CCCCC2)cc1C(=O)Nc1ccnn1C1CCCCC1. The Morgan fingerprint density at radius 1 is 1.03 bits per heavy atom. The standard InChI is InChI=1S/C22H30N4O3S/c1-17-10-11-19(30(28,29)25-14-6-3-7-15-25)16-20(17)22(27)24-21-12-13-23-26(21)18-8-4-2-5-9-18/h10-13,16,18H,2-9,14-15H2,1H3,(H,24,27). The molecule has 2 fully saturated rings. The van der Waals surface area contributed by atoms with Gasteiger partial charge in [-0.05, 0) is 50.3 Å². The number of sulfonamides is 1. The third-order valence-corrected chi connectivity index (χ3v) is 8.13. The third-order valence-electron chi connectivity index (χ3n) is 6.24. The van der Waals surface area contributed by atoms with Gasteiger partial charge in [0.1, 0.15) is 5.82 Å². The zero-order valence-corrected chi connectivity index (χ0v) is 18.3. The summed E-state index contributed by atoms with van der Waals surface area (Å²) in [6.45, 7) is 2.90. The topological polar surface area (TPSA) is 84.3 Å². The molecule has 30 heavy (non-hydrogen) atoms. The molecule has 1 saturated heterocycles. The molecule has 2 aromatic rings. The summed E-state index contributed by atoms with van der Waals surface area (Å²) in [5, 5.41) is 7.38. The van der Waals surface area contributed by atoms with Gasteiger partial charge in [0.15, 0.2) is 0 Å². The highest BCUT2D eigenvalue weighted by Gasteiger charge is 2.27. The van der Waals surface area contributed by atoms with Crippen LogP contribution in [0.5, 0.6) is 0 Å². The Kier molecular flexibility index (Phi) is 6.24. The lowest BCUT2D eigenvalue weighted by Crippen LogP contribution is -2.35. The van der Waals surface area contributed by atoms with E-state index < -0.39 is 10.0 Å². The van der Waals surface area contributed by atoms with Crippen molar-refractivity contribution in [1.29, 1.82) is 0 Å². The highest BCUT2D eigenvalue weighted by molar-refractivity contribution is 7.89. The molecule has 1 aromatic carbocycles. The summed E-state index contributed by atoms with van der Waals surface area (Å²) in [6.07, 6.45) is 10.2. The molecule has 0 unspecified atom stereocenters. The first kappa shape index (κ1) is 21.1. The Balaban J connectivity index is 1.56. The molecule has 8 heteroatoms. The largest absolute Gasteiger partial charge is 0.307 e. The maximum atomic E-state index is 13.1. The Morgan fingerprint density at radius 2 is 1.73 bits per heavy atom. The normalized spacial score (nSPS) is 19.0. The number of aryl methyl sites for hydroxylation is 1. The van der Waals surface area contributed by atoms with Crippen LogP contribution in [0.2, 0.25) is 0 Å². The second-order valence-corrected chi connectivity index (χ2v) is 10.3. The monoisotopic (exact) mass is 430 g/mol. The van der Waals surface area contributed by atoms with Gasteiger partial charge < -0.3 is 5.32 Å². The minimum Gasteiger partial charge on any atom is -0.307 e. The molecular formula is C22H30N4O3S. The third kappa shape index (κ3) is 4.30. The van der Waals surface area contributed by atoms with E-state index in [1.54, 1.807) is 24.4 Å². The first-order valence-corrected chi connectivity index (χ1v) is 12.4. The van der Waals surface area contributed by atoms with Gasteiger partial charge in [0.25, 0.3) is 5.91 Å². The molecule has 7 nitrogen and oxygen atoms in total. The van der Waals surface area contributed by atoms with Crippen molar-refractivity contribution < 1.29 is 13.2 Å². The molecule has 2 aliphatic rings. The lowest BCUT2D eigenvalue weighted by molar-refractivity contribution is 0.102. The number of hydrogen-bond donors (Lipinski definition) is 1. The maximum absolute atomic E-state index is 13.1. The molecule has 1 aliphatic heterocycles. The fraction of sp³-hybridized carbons (Fsp3) is 0.545. The number of aromatic nitrogens is 2. The quantitative estimate of drug-likeness (QED) is 0.773. The highest BCUT2D eigenvalue weighted by atomic mass is 32.2.